The zero-order valence-electron chi connectivity index (χ0n) is 46.9. The SMILES string of the molecule is Cc1ccc2[cH-]c(CC(C)C)cc2c1-c1cc([Si](C)(C)C)cc([Si](C)(C)C)c1.Cc1ccc2[cH-]c(CC(C)C)cc2c1-c1cc([Si](C)(C)C)cc([Si](C)(C)C)c1.[Cl][Zr][Cl].[c-]1cccc2c1[Si]c1ccccc1-2. The van der Waals surface area contributed by atoms with E-state index < -0.39 is 53.1 Å². The van der Waals surface area contributed by atoms with Gasteiger partial charge in [-0.15, -0.1) is 74.6 Å². The molecule has 0 N–H and O–H groups in total. The first kappa shape index (κ1) is 58.4. The number of hydrogen-bond acceptors (Lipinski definition) is 0. The molecule has 0 saturated carbocycles. The molecule has 0 spiro atoms. The van der Waals surface area contributed by atoms with Crippen LogP contribution in [0.25, 0.3) is 54.9 Å². The van der Waals surface area contributed by atoms with Gasteiger partial charge in [-0.1, -0.05) is 221 Å². The van der Waals surface area contributed by atoms with Gasteiger partial charge >= 0.3 is 37.9 Å². The third kappa shape index (κ3) is 14.7. The van der Waals surface area contributed by atoms with E-state index in [0.29, 0.717) is 11.8 Å². The first-order chi connectivity index (χ1) is 33.6. The summed E-state index contributed by atoms with van der Waals surface area (Å²) in [6.45, 7) is 43.4. The molecule has 0 aliphatic carbocycles. The molecule has 0 aromatic heterocycles. The van der Waals surface area contributed by atoms with Crippen LogP contribution in [0.4, 0.5) is 0 Å². The van der Waals surface area contributed by atoms with E-state index in [9.17, 15) is 0 Å². The molecule has 1 aliphatic heterocycles. The van der Waals surface area contributed by atoms with Crippen LogP contribution >= 0.6 is 17.0 Å². The third-order valence-electron chi connectivity index (χ3n) is 13.8. The Labute approximate surface area is 462 Å². The molecule has 1 aliphatic rings. The largest absolute Gasteiger partial charge is 0.184 e. The van der Waals surface area contributed by atoms with Gasteiger partial charge in [-0.3, -0.25) is 0 Å². The molecule has 0 bridgehead atoms. The zero-order chi connectivity index (χ0) is 53.1. The van der Waals surface area contributed by atoms with E-state index in [1.54, 1.807) is 20.7 Å². The maximum atomic E-state index is 4.93. The molecule has 72 heavy (non-hydrogen) atoms. The van der Waals surface area contributed by atoms with Crippen LogP contribution in [-0.2, 0) is 33.7 Å². The topological polar surface area (TPSA) is 0 Å². The first-order valence-electron chi connectivity index (χ1n) is 26.1. The van der Waals surface area contributed by atoms with E-state index in [0.717, 1.165) is 22.4 Å². The van der Waals surface area contributed by atoms with Crippen molar-refractivity contribution in [1.29, 1.82) is 0 Å². The second-order valence-electron chi connectivity index (χ2n) is 25.2. The molecule has 0 atom stereocenters. The Kier molecular flexibility index (Phi) is 19.4. The maximum absolute atomic E-state index is 4.93. The molecule has 2 radical (unpaired) electrons. The Morgan fingerprint density at radius 3 is 1.25 bits per heavy atom. The van der Waals surface area contributed by atoms with Gasteiger partial charge in [0, 0.05) is 0 Å². The maximum Gasteiger partial charge on any atom is 0.0920 e. The van der Waals surface area contributed by atoms with E-state index in [4.69, 9.17) is 17.0 Å². The van der Waals surface area contributed by atoms with Crippen molar-refractivity contribution in [2.75, 3.05) is 0 Å². The van der Waals surface area contributed by atoms with Crippen LogP contribution in [0.15, 0.2) is 127 Å². The summed E-state index contributed by atoms with van der Waals surface area (Å²) < 4.78 is 0. The van der Waals surface area contributed by atoms with Gasteiger partial charge in [0.2, 0.25) is 0 Å². The Hall–Kier alpha value is -2.91. The molecule has 1 heterocycles. The smallest absolute Gasteiger partial charge is 0.0920 e. The average Bonchev–Trinajstić information content (AvgIpc) is 3.99. The molecule has 0 amide bonds. The summed E-state index contributed by atoms with van der Waals surface area (Å²) in [6.07, 6.45) is 2.31. The number of halogens is 2. The monoisotopic (exact) mass is 1150 g/mol. The standard InChI is InChI=1S/2C26H37Si2.C12H7Si.2ClH.Zr/c2*1-18(2)12-20-13-21-11-10-19(3)26(25(21)14-20)22-15-23(27(4,5)6)17-24(16-22)28(7,8)9;1-3-7-11-9(5-1)10-6-2-4-8-12(10)13-11;;;/h2*10-11,13-18H,12H2,1-9H3;1-7H;2*1H;/q3*-1;;;+2/p-2. The van der Waals surface area contributed by atoms with Crippen molar-refractivity contribution in [2.24, 2.45) is 11.8 Å². The van der Waals surface area contributed by atoms with Crippen molar-refractivity contribution in [2.45, 2.75) is 133 Å². The van der Waals surface area contributed by atoms with E-state index in [2.05, 4.69) is 248 Å². The molecule has 8 heteroatoms. The van der Waals surface area contributed by atoms with Gasteiger partial charge in [0.15, 0.2) is 0 Å². The average molecular weight is 1150 g/mol. The Bertz CT molecular complexity index is 2850. The van der Waals surface area contributed by atoms with Gasteiger partial charge in [0.25, 0.3) is 0 Å². The predicted molar refractivity (Wildman–Crippen MR) is 336 cm³/mol. The fourth-order valence-corrected chi connectivity index (χ4v) is 16.2. The van der Waals surface area contributed by atoms with Crippen molar-refractivity contribution in [3.05, 3.63) is 156 Å². The molecule has 0 unspecified atom stereocenters. The Morgan fingerprint density at radius 1 is 0.500 bits per heavy atom. The molecule has 378 valence electrons. The molecule has 9 rings (SSSR count). The third-order valence-corrected chi connectivity index (χ3v) is 23.3. The fourth-order valence-electron chi connectivity index (χ4n) is 9.85. The van der Waals surface area contributed by atoms with Gasteiger partial charge in [0.05, 0.1) is 41.8 Å². The van der Waals surface area contributed by atoms with Crippen LogP contribution in [0, 0.1) is 31.7 Å². The van der Waals surface area contributed by atoms with E-state index in [-0.39, 0.29) is 0 Å². The summed E-state index contributed by atoms with van der Waals surface area (Å²) in [5.41, 5.74) is 14.3. The van der Waals surface area contributed by atoms with Crippen molar-refractivity contribution >= 4 is 112 Å². The van der Waals surface area contributed by atoms with Gasteiger partial charge < -0.3 is 0 Å². The molecular formula is C64H81Cl2Si5Zr-3. The van der Waals surface area contributed by atoms with E-state index in [1.807, 2.05) is 6.07 Å². The predicted octanol–water partition coefficient (Wildman–Crippen LogP) is 16.1. The minimum Gasteiger partial charge on any atom is -0.184 e. The molecule has 0 fully saturated rings. The van der Waals surface area contributed by atoms with Crippen molar-refractivity contribution in [1.82, 2.24) is 0 Å². The van der Waals surface area contributed by atoms with Crippen LogP contribution in [0.2, 0.25) is 78.6 Å². The number of hydrogen-bond donors (Lipinski definition) is 0. The summed E-state index contributed by atoms with van der Waals surface area (Å²) in [5.74, 6) is 1.38. The molecular weight excluding hydrogens is 1070 g/mol. The minimum absolute atomic E-state index is 0.690. The zero-order valence-corrected chi connectivity index (χ0v) is 55.9. The Morgan fingerprint density at radius 2 is 0.875 bits per heavy atom. The van der Waals surface area contributed by atoms with Crippen molar-refractivity contribution in [3.63, 3.8) is 0 Å². The summed E-state index contributed by atoms with van der Waals surface area (Å²) in [5, 5.41) is 14.8. The van der Waals surface area contributed by atoms with Crippen molar-refractivity contribution in [3.8, 4) is 33.4 Å². The van der Waals surface area contributed by atoms with Crippen LogP contribution in [0.3, 0.4) is 0 Å². The number of rotatable bonds is 10. The van der Waals surface area contributed by atoms with Gasteiger partial charge in [0.1, 0.15) is 0 Å². The van der Waals surface area contributed by atoms with E-state index in [1.165, 1.54) is 87.6 Å². The minimum atomic E-state index is -1.39. The fraction of sp³-hybridized carbons (Fsp3) is 0.344. The first-order valence-corrected chi connectivity index (χ1v) is 47.5. The Balaban J connectivity index is 0.000000181. The van der Waals surface area contributed by atoms with Crippen molar-refractivity contribution < 1.29 is 20.8 Å². The number of fused-ring (bicyclic) bond motifs is 5. The van der Waals surface area contributed by atoms with Gasteiger partial charge in [-0.2, -0.15) is 41.6 Å². The van der Waals surface area contributed by atoms with Crippen LogP contribution in [0.5, 0.6) is 0 Å². The summed E-state index contributed by atoms with van der Waals surface area (Å²) >= 11 is -0.826. The molecule has 8 aromatic rings. The molecule has 0 saturated heterocycles. The second kappa shape index (κ2) is 24.0. The van der Waals surface area contributed by atoms with Crippen LogP contribution in [0.1, 0.15) is 49.9 Å². The summed E-state index contributed by atoms with van der Waals surface area (Å²) in [4.78, 5) is 0. The van der Waals surface area contributed by atoms with Crippen LogP contribution < -0.4 is 31.1 Å². The van der Waals surface area contributed by atoms with Gasteiger partial charge in [-0.25, -0.2) is 0 Å². The molecule has 8 aromatic carbocycles. The van der Waals surface area contributed by atoms with E-state index >= 15 is 0 Å². The van der Waals surface area contributed by atoms with Crippen LogP contribution in [-0.4, -0.2) is 41.8 Å². The summed E-state index contributed by atoms with van der Waals surface area (Å²) in [6, 6.07) is 52.2. The summed E-state index contributed by atoms with van der Waals surface area (Å²) in [7, 11) is 5.11. The van der Waals surface area contributed by atoms with Gasteiger partial charge in [-0.05, 0) is 49.7 Å². The normalized spacial score (nSPS) is 12.5. The quantitative estimate of drug-likeness (QED) is 0.0946. The second-order valence-corrected chi connectivity index (χ2v) is 50.6. The number of benzene rings is 6. The molecule has 0 nitrogen and oxygen atoms in total. The number of aryl methyl sites for hydroxylation is 2.